The van der Waals surface area contributed by atoms with Gasteiger partial charge in [-0.05, 0) is 62.2 Å². The Balaban J connectivity index is 2.07. The van der Waals surface area contributed by atoms with Crippen molar-refractivity contribution in [2.75, 3.05) is 26.8 Å². The molecule has 4 heteroatoms. The van der Waals surface area contributed by atoms with Crippen LogP contribution in [0.2, 0.25) is 0 Å². The summed E-state index contributed by atoms with van der Waals surface area (Å²) in [4.78, 5) is 4.06. The first-order valence-corrected chi connectivity index (χ1v) is 8.57. The molecule has 0 aliphatic carbocycles. The number of hydrogen-bond donors (Lipinski definition) is 1. The zero-order valence-electron chi connectivity index (χ0n) is 13.0. The van der Waals surface area contributed by atoms with E-state index in [0.29, 0.717) is 6.04 Å². The predicted octanol–water partition coefficient (Wildman–Crippen LogP) is 3.19. The second-order valence-electron chi connectivity index (χ2n) is 5.92. The molecule has 2 atom stereocenters. The first-order valence-electron chi connectivity index (χ1n) is 7.69. The van der Waals surface area contributed by atoms with Crippen LogP contribution in [0.15, 0.2) is 11.4 Å². The van der Waals surface area contributed by atoms with Crippen LogP contribution in [0.25, 0.3) is 0 Å². The highest BCUT2D eigenvalue weighted by molar-refractivity contribution is 7.10. The van der Waals surface area contributed by atoms with Gasteiger partial charge in [-0.15, -0.1) is 11.3 Å². The molecule has 1 aliphatic heterocycles. The van der Waals surface area contributed by atoms with E-state index in [1.54, 1.807) is 7.11 Å². The summed E-state index contributed by atoms with van der Waals surface area (Å²) < 4.78 is 5.30. The number of nitrogens with zero attached hydrogens (tertiary/aromatic N) is 1. The predicted molar refractivity (Wildman–Crippen MR) is 86.2 cm³/mol. The standard InChI is InChI=1S/C16H28N2OS/c1-4-14(17)15(16-12(2)7-10-20-16)18-8-5-13(6-9-18)11-19-3/h7,10,13-15H,4-6,8-9,11,17H2,1-3H3. The van der Waals surface area contributed by atoms with Crippen molar-refractivity contribution in [2.45, 2.75) is 45.2 Å². The number of methoxy groups -OCH3 is 1. The maximum absolute atomic E-state index is 6.44. The molecule has 0 aromatic carbocycles. The van der Waals surface area contributed by atoms with Crippen molar-refractivity contribution < 1.29 is 4.74 Å². The Bertz CT molecular complexity index is 399. The van der Waals surface area contributed by atoms with Gasteiger partial charge >= 0.3 is 0 Å². The Kier molecular flexibility index (Phi) is 6.02. The smallest absolute Gasteiger partial charge is 0.0596 e. The summed E-state index contributed by atoms with van der Waals surface area (Å²) in [5, 5.41) is 2.19. The summed E-state index contributed by atoms with van der Waals surface area (Å²) in [6.07, 6.45) is 3.48. The molecule has 1 aromatic heterocycles. The number of aryl methyl sites for hydroxylation is 1. The monoisotopic (exact) mass is 296 g/mol. The molecule has 0 radical (unpaired) electrons. The fourth-order valence-electron chi connectivity index (χ4n) is 3.18. The minimum Gasteiger partial charge on any atom is -0.384 e. The molecule has 2 rings (SSSR count). The molecular formula is C16H28N2OS. The largest absolute Gasteiger partial charge is 0.384 e. The van der Waals surface area contributed by atoms with E-state index in [1.165, 1.54) is 23.3 Å². The Labute approximate surface area is 127 Å². The zero-order valence-corrected chi connectivity index (χ0v) is 13.8. The van der Waals surface area contributed by atoms with Gasteiger partial charge in [-0.25, -0.2) is 0 Å². The lowest BCUT2D eigenvalue weighted by atomic mass is 9.93. The third kappa shape index (κ3) is 3.61. The van der Waals surface area contributed by atoms with Crippen LogP contribution < -0.4 is 5.73 Å². The van der Waals surface area contributed by atoms with E-state index in [-0.39, 0.29) is 6.04 Å². The Hall–Kier alpha value is -0.420. The number of likely N-dealkylation sites (tertiary alicyclic amines) is 1. The third-order valence-corrected chi connectivity index (χ3v) is 5.58. The highest BCUT2D eigenvalue weighted by Crippen LogP contribution is 2.34. The van der Waals surface area contributed by atoms with Gasteiger partial charge in [-0.3, -0.25) is 4.90 Å². The number of hydrogen-bond acceptors (Lipinski definition) is 4. The van der Waals surface area contributed by atoms with Crippen LogP contribution in [-0.4, -0.2) is 37.7 Å². The van der Waals surface area contributed by atoms with Crippen LogP contribution >= 0.6 is 11.3 Å². The van der Waals surface area contributed by atoms with Gasteiger partial charge in [0.1, 0.15) is 0 Å². The van der Waals surface area contributed by atoms with Crippen LogP contribution in [0.4, 0.5) is 0 Å². The number of nitrogens with two attached hydrogens (primary N) is 1. The molecule has 2 heterocycles. The molecule has 2 unspecified atom stereocenters. The molecule has 0 saturated carbocycles. The minimum absolute atomic E-state index is 0.228. The molecule has 0 bridgehead atoms. The van der Waals surface area contributed by atoms with Gasteiger partial charge in [-0.2, -0.15) is 0 Å². The van der Waals surface area contributed by atoms with E-state index < -0.39 is 0 Å². The van der Waals surface area contributed by atoms with Gasteiger partial charge in [0.2, 0.25) is 0 Å². The van der Waals surface area contributed by atoms with Crippen LogP contribution in [0.5, 0.6) is 0 Å². The van der Waals surface area contributed by atoms with Crippen molar-refractivity contribution in [1.29, 1.82) is 0 Å². The second kappa shape index (κ2) is 7.55. The highest BCUT2D eigenvalue weighted by atomic mass is 32.1. The molecule has 2 N–H and O–H groups in total. The quantitative estimate of drug-likeness (QED) is 0.876. The molecule has 1 saturated heterocycles. The van der Waals surface area contributed by atoms with Crippen molar-refractivity contribution in [3.63, 3.8) is 0 Å². The van der Waals surface area contributed by atoms with Crippen molar-refractivity contribution in [3.8, 4) is 0 Å². The van der Waals surface area contributed by atoms with Crippen molar-refractivity contribution in [3.05, 3.63) is 21.9 Å². The number of piperidine rings is 1. The van der Waals surface area contributed by atoms with Gasteiger partial charge in [0.15, 0.2) is 0 Å². The number of rotatable bonds is 6. The van der Waals surface area contributed by atoms with E-state index >= 15 is 0 Å². The maximum atomic E-state index is 6.44. The summed E-state index contributed by atoms with van der Waals surface area (Å²) in [5.41, 5.74) is 7.83. The lowest BCUT2D eigenvalue weighted by molar-refractivity contribution is 0.0723. The van der Waals surface area contributed by atoms with E-state index in [4.69, 9.17) is 10.5 Å². The second-order valence-corrected chi connectivity index (χ2v) is 6.87. The molecule has 114 valence electrons. The fraction of sp³-hybridized carbons (Fsp3) is 0.750. The zero-order chi connectivity index (χ0) is 14.5. The summed E-state index contributed by atoms with van der Waals surface area (Å²) in [5.74, 6) is 0.721. The van der Waals surface area contributed by atoms with Crippen molar-refractivity contribution in [1.82, 2.24) is 4.90 Å². The average Bonchev–Trinajstić information content (AvgIpc) is 2.87. The summed E-state index contributed by atoms with van der Waals surface area (Å²) in [6, 6.07) is 2.84. The molecule has 0 amide bonds. The normalized spacial score (nSPS) is 21.0. The van der Waals surface area contributed by atoms with Crippen LogP contribution in [0.3, 0.4) is 0 Å². The van der Waals surface area contributed by atoms with E-state index in [9.17, 15) is 0 Å². The molecule has 20 heavy (non-hydrogen) atoms. The van der Waals surface area contributed by atoms with Crippen LogP contribution in [0, 0.1) is 12.8 Å². The van der Waals surface area contributed by atoms with Crippen LogP contribution in [0.1, 0.15) is 42.7 Å². The number of ether oxygens (including phenoxy) is 1. The maximum Gasteiger partial charge on any atom is 0.0596 e. The van der Waals surface area contributed by atoms with Gasteiger partial charge in [0.05, 0.1) is 6.04 Å². The molecular weight excluding hydrogens is 268 g/mol. The van der Waals surface area contributed by atoms with Gasteiger partial charge in [0.25, 0.3) is 0 Å². The highest BCUT2D eigenvalue weighted by Gasteiger charge is 2.31. The van der Waals surface area contributed by atoms with E-state index in [1.807, 2.05) is 11.3 Å². The SMILES string of the molecule is CCC(N)C(c1sccc1C)N1CCC(COC)CC1. The molecule has 1 fully saturated rings. The molecule has 0 spiro atoms. The minimum atomic E-state index is 0.228. The summed E-state index contributed by atoms with van der Waals surface area (Å²) in [6.45, 7) is 7.58. The lowest BCUT2D eigenvalue weighted by Crippen LogP contribution is -2.45. The Morgan fingerprint density at radius 3 is 2.65 bits per heavy atom. The topological polar surface area (TPSA) is 38.5 Å². The number of thiophene rings is 1. The van der Waals surface area contributed by atoms with E-state index in [0.717, 1.165) is 32.0 Å². The van der Waals surface area contributed by atoms with E-state index in [2.05, 4.69) is 30.2 Å². The lowest BCUT2D eigenvalue weighted by Gasteiger charge is -2.39. The van der Waals surface area contributed by atoms with Crippen LogP contribution in [-0.2, 0) is 4.74 Å². The van der Waals surface area contributed by atoms with Crippen molar-refractivity contribution in [2.24, 2.45) is 11.7 Å². The van der Waals surface area contributed by atoms with Crippen molar-refractivity contribution >= 4 is 11.3 Å². The summed E-state index contributed by atoms with van der Waals surface area (Å²) in [7, 11) is 1.80. The Morgan fingerprint density at radius 1 is 1.45 bits per heavy atom. The summed E-state index contributed by atoms with van der Waals surface area (Å²) >= 11 is 1.86. The molecule has 1 aromatic rings. The Morgan fingerprint density at radius 2 is 2.15 bits per heavy atom. The van der Waals surface area contributed by atoms with Gasteiger partial charge < -0.3 is 10.5 Å². The fourth-order valence-corrected chi connectivity index (χ4v) is 4.31. The average molecular weight is 296 g/mol. The molecule has 3 nitrogen and oxygen atoms in total. The molecule has 1 aliphatic rings. The van der Waals surface area contributed by atoms with Gasteiger partial charge in [0, 0.05) is 24.6 Å². The first kappa shape index (κ1) is 16.0. The van der Waals surface area contributed by atoms with Gasteiger partial charge in [-0.1, -0.05) is 6.92 Å². The third-order valence-electron chi connectivity index (χ3n) is 4.49. The first-order chi connectivity index (χ1) is 9.67.